The highest BCUT2D eigenvalue weighted by Crippen LogP contribution is 2.30. The number of rotatable bonds is 8. The van der Waals surface area contributed by atoms with Gasteiger partial charge in [0.1, 0.15) is 0 Å². The minimum Gasteiger partial charge on any atom is -0.454 e. The van der Waals surface area contributed by atoms with Gasteiger partial charge in [0.2, 0.25) is 5.91 Å². The summed E-state index contributed by atoms with van der Waals surface area (Å²) in [6, 6.07) is 21.5. The second-order valence-electron chi connectivity index (χ2n) is 7.74. The molecule has 0 atom stereocenters. The number of esters is 1. The van der Waals surface area contributed by atoms with E-state index in [1.54, 1.807) is 72.8 Å². The minimum absolute atomic E-state index is 0.0124. The summed E-state index contributed by atoms with van der Waals surface area (Å²) in [7, 11) is 0. The van der Waals surface area contributed by atoms with E-state index in [0.29, 0.717) is 22.5 Å². The normalized spacial score (nSPS) is 12.5. The molecule has 0 spiro atoms. The Kier molecular flexibility index (Phi) is 6.59. The Labute approximate surface area is 190 Å². The first-order valence-corrected chi connectivity index (χ1v) is 10.6. The van der Waals surface area contributed by atoms with Crippen molar-refractivity contribution in [3.8, 4) is 0 Å². The van der Waals surface area contributed by atoms with Crippen LogP contribution >= 0.6 is 0 Å². The lowest BCUT2D eigenvalue weighted by atomic mass is 10.1. The molecule has 4 rings (SSSR count). The van der Waals surface area contributed by atoms with Crippen LogP contribution in [0.4, 0.5) is 11.4 Å². The van der Waals surface area contributed by atoms with Crippen LogP contribution in [0, 0.1) is 5.92 Å². The quantitative estimate of drug-likeness (QED) is 0.399. The van der Waals surface area contributed by atoms with E-state index in [2.05, 4.69) is 10.6 Å². The van der Waals surface area contributed by atoms with Gasteiger partial charge in [0, 0.05) is 28.4 Å². The Morgan fingerprint density at radius 3 is 1.88 bits per heavy atom. The highest BCUT2D eigenvalue weighted by atomic mass is 16.5. The van der Waals surface area contributed by atoms with Gasteiger partial charge in [-0.25, -0.2) is 4.79 Å². The van der Waals surface area contributed by atoms with E-state index in [-0.39, 0.29) is 29.1 Å². The van der Waals surface area contributed by atoms with E-state index in [1.165, 1.54) is 0 Å². The van der Waals surface area contributed by atoms with Crippen molar-refractivity contribution < 1.29 is 23.9 Å². The fourth-order valence-electron chi connectivity index (χ4n) is 3.11. The number of hydrogen-bond acceptors (Lipinski definition) is 5. The zero-order valence-electron chi connectivity index (χ0n) is 17.7. The number of amides is 2. The summed E-state index contributed by atoms with van der Waals surface area (Å²) in [5, 5.41) is 5.56. The molecule has 7 heteroatoms. The lowest BCUT2D eigenvalue weighted by Gasteiger charge is -2.08. The van der Waals surface area contributed by atoms with E-state index in [0.717, 1.165) is 12.8 Å². The second kappa shape index (κ2) is 9.91. The van der Waals surface area contributed by atoms with Gasteiger partial charge in [0.25, 0.3) is 5.91 Å². The number of carbonyl (C=O) groups excluding carboxylic acids is 4. The number of Topliss-reactive ketones (excluding diaryl/α,β-unsaturated/α-hetero) is 1. The van der Waals surface area contributed by atoms with Gasteiger partial charge in [-0.15, -0.1) is 0 Å². The first-order chi connectivity index (χ1) is 16.0. The van der Waals surface area contributed by atoms with Gasteiger partial charge in [-0.3, -0.25) is 14.4 Å². The van der Waals surface area contributed by atoms with Crippen LogP contribution in [-0.2, 0) is 9.53 Å². The van der Waals surface area contributed by atoms with Gasteiger partial charge in [-0.05, 0) is 73.5 Å². The van der Waals surface area contributed by atoms with Gasteiger partial charge in [-0.1, -0.05) is 18.2 Å². The summed E-state index contributed by atoms with van der Waals surface area (Å²) in [5.74, 6) is -1.16. The van der Waals surface area contributed by atoms with Crippen molar-refractivity contribution in [2.75, 3.05) is 17.2 Å². The van der Waals surface area contributed by atoms with Crippen LogP contribution in [0.3, 0.4) is 0 Å². The fourth-order valence-corrected chi connectivity index (χ4v) is 3.11. The fraction of sp³-hybridized carbons (Fsp3) is 0.154. The molecule has 0 saturated heterocycles. The lowest BCUT2D eigenvalue weighted by Crippen LogP contribution is -2.15. The summed E-state index contributed by atoms with van der Waals surface area (Å²) < 4.78 is 5.12. The maximum absolute atomic E-state index is 12.4. The van der Waals surface area contributed by atoms with Gasteiger partial charge >= 0.3 is 5.97 Å². The average Bonchev–Trinajstić information content (AvgIpc) is 3.69. The first kappa shape index (κ1) is 22.0. The number of ether oxygens (including phenoxy) is 1. The number of anilines is 2. The Bertz CT molecular complexity index is 1170. The van der Waals surface area contributed by atoms with Crippen molar-refractivity contribution >= 4 is 34.9 Å². The third kappa shape index (κ3) is 5.92. The highest BCUT2D eigenvalue weighted by molar-refractivity contribution is 6.05. The van der Waals surface area contributed by atoms with Crippen LogP contribution in [0.2, 0.25) is 0 Å². The van der Waals surface area contributed by atoms with Crippen LogP contribution < -0.4 is 10.6 Å². The Balaban J connectivity index is 1.27. The number of ketones is 1. The molecule has 2 N–H and O–H groups in total. The Morgan fingerprint density at radius 1 is 0.697 bits per heavy atom. The van der Waals surface area contributed by atoms with E-state index < -0.39 is 12.6 Å². The van der Waals surface area contributed by atoms with E-state index in [4.69, 9.17) is 4.74 Å². The minimum atomic E-state index is -0.629. The molecular weight excluding hydrogens is 420 g/mol. The lowest BCUT2D eigenvalue weighted by molar-refractivity contribution is -0.117. The molecule has 33 heavy (non-hydrogen) atoms. The third-order valence-corrected chi connectivity index (χ3v) is 5.17. The molecule has 1 aliphatic carbocycles. The maximum atomic E-state index is 12.4. The molecule has 1 saturated carbocycles. The number of hydrogen-bond donors (Lipinski definition) is 2. The van der Waals surface area contributed by atoms with Crippen molar-refractivity contribution in [3.05, 3.63) is 95.6 Å². The van der Waals surface area contributed by atoms with Crippen molar-refractivity contribution in [2.45, 2.75) is 12.8 Å². The third-order valence-electron chi connectivity index (χ3n) is 5.17. The molecule has 0 aromatic heterocycles. The summed E-state index contributed by atoms with van der Waals surface area (Å²) in [6.07, 6.45) is 1.82. The van der Waals surface area contributed by atoms with Crippen molar-refractivity contribution in [1.82, 2.24) is 0 Å². The predicted octanol–water partition coefficient (Wildman–Crippen LogP) is 4.33. The van der Waals surface area contributed by atoms with E-state index in [1.807, 2.05) is 6.07 Å². The summed E-state index contributed by atoms with van der Waals surface area (Å²) in [6.45, 7) is -0.408. The number of nitrogens with one attached hydrogen (secondary N) is 2. The first-order valence-electron chi connectivity index (χ1n) is 10.6. The molecule has 1 fully saturated rings. The van der Waals surface area contributed by atoms with Gasteiger partial charge < -0.3 is 15.4 Å². The van der Waals surface area contributed by atoms with Gasteiger partial charge in [0.15, 0.2) is 12.4 Å². The van der Waals surface area contributed by atoms with E-state index >= 15 is 0 Å². The van der Waals surface area contributed by atoms with Gasteiger partial charge in [0.05, 0.1) is 5.56 Å². The summed E-state index contributed by atoms with van der Waals surface area (Å²) in [5.41, 5.74) is 2.33. The van der Waals surface area contributed by atoms with Crippen LogP contribution in [0.1, 0.15) is 43.9 Å². The van der Waals surface area contributed by atoms with E-state index in [9.17, 15) is 19.2 Å². The molecule has 3 aromatic rings. The number of benzene rings is 3. The predicted molar refractivity (Wildman–Crippen MR) is 123 cm³/mol. The zero-order valence-corrected chi connectivity index (χ0v) is 17.7. The Hall–Kier alpha value is -4.26. The van der Waals surface area contributed by atoms with Crippen molar-refractivity contribution in [1.29, 1.82) is 0 Å². The smallest absolute Gasteiger partial charge is 0.338 e. The van der Waals surface area contributed by atoms with Crippen LogP contribution in [0.15, 0.2) is 78.9 Å². The highest BCUT2D eigenvalue weighted by Gasteiger charge is 2.29. The maximum Gasteiger partial charge on any atom is 0.338 e. The molecule has 1 aliphatic rings. The standard InChI is InChI=1S/C26H22N2O5/c29-23(17-8-12-21(13-9-17)27-24(30)18-4-2-1-3-5-18)16-33-26(32)20-10-14-22(15-11-20)28-25(31)19-6-7-19/h1-5,8-15,19H,6-7,16H2,(H,27,30)(H,28,31). The number of carbonyl (C=O) groups is 4. The molecular formula is C26H22N2O5. The van der Waals surface area contributed by atoms with Crippen molar-refractivity contribution in [2.24, 2.45) is 5.92 Å². The summed E-state index contributed by atoms with van der Waals surface area (Å²) in [4.78, 5) is 48.6. The summed E-state index contributed by atoms with van der Waals surface area (Å²) >= 11 is 0. The Morgan fingerprint density at radius 2 is 1.27 bits per heavy atom. The molecule has 0 aliphatic heterocycles. The molecule has 0 bridgehead atoms. The molecule has 0 radical (unpaired) electrons. The molecule has 3 aromatic carbocycles. The molecule has 2 amide bonds. The molecule has 0 unspecified atom stereocenters. The van der Waals surface area contributed by atoms with Crippen LogP contribution in [-0.4, -0.2) is 30.2 Å². The largest absolute Gasteiger partial charge is 0.454 e. The monoisotopic (exact) mass is 442 g/mol. The van der Waals surface area contributed by atoms with Crippen molar-refractivity contribution in [3.63, 3.8) is 0 Å². The molecule has 0 heterocycles. The average molecular weight is 442 g/mol. The second-order valence-corrected chi connectivity index (χ2v) is 7.74. The van der Waals surface area contributed by atoms with Crippen LogP contribution in [0.5, 0.6) is 0 Å². The van der Waals surface area contributed by atoms with Crippen LogP contribution in [0.25, 0.3) is 0 Å². The topological polar surface area (TPSA) is 102 Å². The zero-order chi connectivity index (χ0) is 23.2. The molecule has 166 valence electrons. The van der Waals surface area contributed by atoms with Gasteiger partial charge in [-0.2, -0.15) is 0 Å². The molecule has 7 nitrogen and oxygen atoms in total. The SMILES string of the molecule is O=C(COC(=O)c1ccc(NC(=O)C2CC2)cc1)c1ccc(NC(=O)c2ccccc2)cc1.